The molecule has 82 valence electrons. The Morgan fingerprint density at radius 2 is 1.73 bits per heavy atom. The summed E-state index contributed by atoms with van der Waals surface area (Å²) >= 11 is 11.5. The third-order valence-corrected chi connectivity index (χ3v) is 4.46. The second-order valence-corrected chi connectivity index (χ2v) is 6.36. The van der Waals surface area contributed by atoms with Crippen molar-refractivity contribution in [2.24, 2.45) is 0 Å². The average Bonchev–Trinajstić information content (AvgIpc) is 2.26. The minimum atomic E-state index is -2.99. The molecule has 1 aliphatic heterocycles. The Labute approximate surface area is 97.6 Å². The van der Waals surface area contributed by atoms with Gasteiger partial charge in [0.1, 0.15) is 5.15 Å². The van der Waals surface area contributed by atoms with E-state index < -0.39 is 9.84 Å². The van der Waals surface area contributed by atoms with Crippen molar-refractivity contribution >= 4 is 33.0 Å². The van der Waals surface area contributed by atoms with E-state index in [1.54, 1.807) is 0 Å². The van der Waals surface area contributed by atoms with E-state index in [4.69, 9.17) is 23.2 Å². The van der Waals surface area contributed by atoms with Crippen LogP contribution in [0.5, 0.6) is 0 Å². The summed E-state index contributed by atoms with van der Waals surface area (Å²) in [4.78, 5) is 7.81. The summed E-state index contributed by atoms with van der Waals surface area (Å²) in [6, 6.07) is 0. The lowest BCUT2D eigenvalue weighted by molar-refractivity contribution is 0.596. The first-order valence-corrected chi connectivity index (χ1v) is 6.97. The lowest BCUT2D eigenvalue weighted by atomic mass is 10.1. The van der Waals surface area contributed by atoms with Gasteiger partial charge < -0.3 is 0 Å². The van der Waals surface area contributed by atoms with Crippen molar-refractivity contribution in [3.8, 4) is 0 Å². The van der Waals surface area contributed by atoms with Crippen molar-refractivity contribution in [2.45, 2.75) is 12.8 Å². The molecule has 1 aliphatic rings. The third-order valence-electron chi connectivity index (χ3n) is 2.33. The van der Waals surface area contributed by atoms with Crippen molar-refractivity contribution in [3.05, 3.63) is 21.7 Å². The smallest absolute Gasteiger partial charge is 0.224 e. The van der Waals surface area contributed by atoms with Crippen LogP contribution in [-0.4, -0.2) is 29.9 Å². The van der Waals surface area contributed by atoms with E-state index in [9.17, 15) is 8.42 Å². The van der Waals surface area contributed by atoms with E-state index in [2.05, 4.69) is 9.97 Å². The first-order valence-electron chi connectivity index (χ1n) is 4.39. The molecule has 1 aromatic heterocycles. The predicted octanol–water partition coefficient (Wildman–Crippen LogP) is 1.30. The number of sulfone groups is 1. The predicted molar refractivity (Wildman–Crippen MR) is 58.1 cm³/mol. The summed E-state index contributed by atoms with van der Waals surface area (Å²) in [6.07, 6.45) is 0.729. The van der Waals surface area contributed by atoms with Crippen LogP contribution < -0.4 is 0 Å². The van der Waals surface area contributed by atoms with Crippen LogP contribution in [0.3, 0.4) is 0 Å². The van der Waals surface area contributed by atoms with Gasteiger partial charge in [-0.1, -0.05) is 11.6 Å². The highest BCUT2D eigenvalue weighted by molar-refractivity contribution is 7.91. The third kappa shape index (κ3) is 2.41. The first-order chi connectivity index (χ1) is 6.98. The normalized spacial score (nSPS) is 19.3. The molecule has 2 heterocycles. The number of aromatic nitrogens is 2. The standard InChI is InChI=1S/C8H8Cl2N2O2S/c9-7-5-1-3-15(13,14)4-2-6(5)11-8(10)12-7/h1-4H2. The quantitative estimate of drug-likeness (QED) is 0.525. The molecule has 0 spiro atoms. The molecule has 0 N–H and O–H groups in total. The Bertz CT molecular complexity index is 502. The molecule has 1 aromatic rings. The molecule has 0 fully saturated rings. The second kappa shape index (κ2) is 3.88. The highest BCUT2D eigenvalue weighted by Gasteiger charge is 2.22. The van der Waals surface area contributed by atoms with Gasteiger partial charge >= 0.3 is 0 Å². The number of hydrogen-bond acceptors (Lipinski definition) is 4. The van der Waals surface area contributed by atoms with E-state index in [1.165, 1.54) is 0 Å². The van der Waals surface area contributed by atoms with Crippen molar-refractivity contribution in [3.63, 3.8) is 0 Å². The monoisotopic (exact) mass is 266 g/mol. The van der Waals surface area contributed by atoms with Crippen molar-refractivity contribution in [2.75, 3.05) is 11.5 Å². The molecule has 0 unspecified atom stereocenters. The Morgan fingerprint density at radius 1 is 1.07 bits per heavy atom. The molecule has 0 saturated heterocycles. The Hall–Kier alpha value is -0.390. The summed E-state index contributed by atoms with van der Waals surface area (Å²) in [6.45, 7) is 0. The van der Waals surface area contributed by atoms with Crippen LogP contribution >= 0.6 is 23.2 Å². The van der Waals surface area contributed by atoms with E-state index in [-0.39, 0.29) is 21.9 Å². The molecule has 0 saturated carbocycles. The van der Waals surface area contributed by atoms with Gasteiger partial charge in [0.2, 0.25) is 5.28 Å². The van der Waals surface area contributed by atoms with Crippen molar-refractivity contribution < 1.29 is 8.42 Å². The zero-order valence-electron chi connectivity index (χ0n) is 7.70. The molecule has 0 aliphatic carbocycles. The first kappa shape index (κ1) is 11.1. The fourth-order valence-corrected chi connectivity index (χ4v) is 3.27. The fraction of sp³-hybridized carbons (Fsp3) is 0.500. The van der Waals surface area contributed by atoms with Crippen LogP contribution in [-0.2, 0) is 22.7 Å². The Morgan fingerprint density at radius 3 is 2.47 bits per heavy atom. The maximum Gasteiger partial charge on any atom is 0.224 e. The summed E-state index contributed by atoms with van der Waals surface area (Å²) in [5, 5.41) is 0.333. The SMILES string of the molecule is O=S1(=O)CCc2nc(Cl)nc(Cl)c2CC1. The summed E-state index contributed by atoms with van der Waals surface area (Å²) in [7, 11) is -2.99. The van der Waals surface area contributed by atoms with Gasteiger partial charge in [0.25, 0.3) is 0 Å². The second-order valence-electron chi connectivity index (χ2n) is 3.36. The molecule has 0 amide bonds. The van der Waals surface area contributed by atoms with Crippen LogP contribution in [0.25, 0.3) is 0 Å². The number of rotatable bonds is 0. The van der Waals surface area contributed by atoms with Crippen molar-refractivity contribution in [1.29, 1.82) is 0 Å². The van der Waals surface area contributed by atoms with Crippen LogP contribution in [0.1, 0.15) is 11.3 Å². The molecule has 0 aromatic carbocycles. The zero-order valence-corrected chi connectivity index (χ0v) is 10.0. The lowest BCUT2D eigenvalue weighted by Crippen LogP contribution is -2.10. The summed E-state index contributed by atoms with van der Waals surface area (Å²) in [5.41, 5.74) is 1.36. The fourth-order valence-electron chi connectivity index (χ4n) is 1.54. The van der Waals surface area contributed by atoms with E-state index in [0.717, 1.165) is 0 Å². The average molecular weight is 267 g/mol. The minimum Gasteiger partial charge on any atom is -0.229 e. The summed E-state index contributed by atoms with van der Waals surface area (Å²) in [5.74, 6) is 0.203. The Balaban J connectivity index is 2.48. The van der Waals surface area contributed by atoms with Gasteiger partial charge in [-0.05, 0) is 18.0 Å². The Kier molecular flexibility index (Phi) is 2.87. The van der Waals surface area contributed by atoms with Gasteiger partial charge in [0.05, 0.1) is 17.2 Å². The van der Waals surface area contributed by atoms with Gasteiger partial charge in [-0.3, -0.25) is 0 Å². The molecule has 0 radical (unpaired) electrons. The van der Waals surface area contributed by atoms with Gasteiger partial charge in [-0.15, -0.1) is 0 Å². The van der Waals surface area contributed by atoms with Crippen LogP contribution in [0.4, 0.5) is 0 Å². The van der Waals surface area contributed by atoms with Gasteiger partial charge in [0, 0.05) is 12.0 Å². The molecular weight excluding hydrogens is 259 g/mol. The molecule has 0 bridgehead atoms. The lowest BCUT2D eigenvalue weighted by Gasteiger charge is -2.04. The van der Waals surface area contributed by atoms with Gasteiger partial charge in [0.15, 0.2) is 9.84 Å². The number of fused-ring (bicyclic) bond motifs is 1. The molecule has 7 heteroatoms. The van der Waals surface area contributed by atoms with Gasteiger partial charge in [-0.25, -0.2) is 18.4 Å². The molecule has 2 rings (SSSR count). The van der Waals surface area contributed by atoms with Gasteiger partial charge in [-0.2, -0.15) is 0 Å². The highest BCUT2D eigenvalue weighted by Crippen LogP contribution is 2.23. The van der Waals surface area contributed by atoms with E-state index in [0.29, 0.717) is 24.1 Å². The largest absolute Gasteiger partial charge is 0.229 e. The van der Waals surface area contributed by atoms with Crippen LogP contribution in [0.2, 0.25) is 10.4 Å². The molecular formula is C8H8Cl2N2O2S. The highest BCUT2D eigenvalue weighted by atomic mass is 35.5. The molecule has 15 heavy (non-hydrogen) atoms. The van der Waals surface area contributed by atoms with E-state index >= 15 is 0 Å². The van der Waals surface area contributed by atoms with E-state index in [1.807, 2.05) is 0 Å². The zero-order chi connectivity index (χ0) is 11.1. The van der Waals surface area contributed by atoms with Crippen LogP contribution in [0, 0.1) is 0 Å². The van der Waals surface area contributed by atoms with Crippen LogP contribution in [0.15, 0.2) is 0 Å². The number of hydrogen-bond donors (Lipinski definition) is 0. The number of halogens is 2. The number of nitrogens with zero attached hydrogens (tertiary/aromatic N) is 2. The topological polar surface area (TPSA) is 59.9 Å². The maximum absolute atomic E-state index is 11.4. The van der Waals surface area contributed by atoms with Crippen molar-refractivity contribution in [1.82, 2.24) is 9.97 Å². The minimum absolute atomic E-state index is 0.0676. The molecule has 4 nitrogen and oxygen atoms in total. The number of aryl methyl sites for hydroxylation is 1. The maximum atomic E-state index is 11.4. The molecule has 0 atom stereocenters. The summed E-state index contributed by atoms with van der Waals surface area (Å²) < 4.78 is 22.8.